The summed E-state index contributed by atoms with van der Waals surface area (Å²) in [5.41, 5.74) is 3.31. The molecule has 39 heavy (non-hydrogen) atoms. The zero-order chi connectivity index (χ0) is 27.3. The van der Waals surface area contributed by atoms with Crippen molar-refractivity contribution >= 4 is 23.6 Å². The van der Waals surface area contributed by atoms with E-state index in [1.54, 1.807) is 11.8 Å². The first-order valence-electron chi connectivity index (χ1n) is 13.6. The molecule has 0 saturated carbocycles. The van der Waals surface area contributed by atoms with E-state index in [0.717, 1.165) is 62.4 Å². The lowest BCUT2D eigenvalue weighted by Crippen LogP contribution is -2.44. The minimum atomic E-state index is -0.762. The van der Waals surface area contributed by atoms with Crippen LogP contribution in [0.25, 0.3) is 0 Å². The van der Waals surface area contributed by atoms with Gasteiger partial charge in [0.1, 0.15) is 6.04 Å². The molecule has 1 fully saturated rings. The molecule has 206 valence electrons. The van der Waals surface area contributed by atoms with Crippen molar-refractivity contribution in [2.75, 3.05) is 45.7 Å². The van der Waals surface area contributed by atoms with Gasteiger partial charge in [0.15, 0.2) is 0 Å². The molecular weight excluding hydrogens is 508 g/mol. The van der Waals surface area contributed by atoms with E-state index in [0.29, 0.717) is 12.2 Å². The first kappa shape index (κ1) is 28.9. The average Bonchev–Trinajstić information content (AvgIpc) is 3.01. The molecule has 1 N–H and O–H groups in total. The van der Waals surface area contributed by atoms with E-state index in [4.69, 9.17) is 9.47 Å². The molecule has 0 spiro atoms. The predicted molar refractivity (Wildman–Crippen MR) is 157 cm³/mol. The van der Waals surface area contributed by atoms with Gasteiger partial charge in [-0.05, 0) is 36.1 Å². The molecule has 1 aliphatic rings. The molecule has 4 rings (SSSR count). The van der Waals surface area contributed by atoms with E-state index < -0.39 is 16.8 Å². The number of amides is 1. The lowest BCUT2D eigenvalue weighted by molar-refractivity contribution is -0.144. The summed E-state index contributed by atoms with van der Waals surface area (Å²) in [6, 6.07) is 30.2. The number of carbonyl (C=O) groups is 2. The van der Waals surface area contributed by atoms with Gasteiger partial charge >= 0.3 is 5.97 Å². The maximum absolute atomic E-state index is 12.9. The third kappa shape index (κ3) is 7.72. The van der Waals surface area contributed by atoms with Crippen molar-refractivity contribution in [1.82, 2.24) is 10.2 Å². The van der Waals surface area contributed by atoms with E-state index in [2.05, 4.69) is 46.6 Å². The topological polar surface area (TPSA) is 67.9 Å². The number of ether oxygens (including phenoxy) is 2. The zero-order valence-electron chi connectivity index (χ0n) is 22.6. The Balaban J connectivity index is 1.51. The van der Waals surface area contributed by atoms with Gasteiger partial charge < -0.3 is 14.8 Å². The van der Waals surface area contributed by atoms with Crippen LogP contribution in [0.2, 0.25) is 0 Å². The maximum atomic E-state index is 12.9. The summed E-state index contributed by atoms with van der Waals surface area (Å²) in [5, 5.41) is 2.97. The Hall–Kier alpha value is -3.13. The van der Waals surface area contributed by atoms with Crippen LogP contribution in [-0.2, 0) is 23.8 Å². The lowest BCUT2D eigenvalue weighted by atomic mass is 9.84. The van der Waals surface area contributed by atoms with Gasteiger partial charge in [-0.15, -0.1) is 11.8 Å². The number of hydrogen-bond acceptors (Lipinski definition) is 6. The number of carbonyl (C=O) groups excluding carboxylic acids is 2. The Labute approximate surface area is 236 Å². The van der Waals surface area contributed by atoms with Crippen LogP contribution in [0.4, 0.5) is 0 Å². The second-order valence-electron chi connectivity index (χ2n) is 9.64. The SMILES string of the molecule is COC(=O)[C@H](CSC(c1ccccc1)(c1ccccc1)c1ccccc1)NC(=O)CCCCN1CCOCC1. The van der Waals surface area contributed by atoms with Crippen LogP contribution < -0.4 is 5.32 Å². The fourth-order valence-electron chi connectivity index (χ4n) is 5.00. The number of unbranched alkanes of at least 4 members (excludes halogenated alkanes) is 1. The van der Waals surface area contributed by atoms with Crippen LogP contribution in [-0.4, -0.2) is 68.5 Å². The van der Waals surface area contributed by atoms with E-state index in [-0.39, 0.29) is 5.91 Å². The van der Waals surface area contributed by atoms with E-state index in [9.17, 15) is 9.59 Å². The maximum Gasteiger partial charge on any atom is 0.329 e. The minimum Gasteiger partial charge on any atom is -0.467 e. The molecule has 0 radical (unpaired) electrons. The zero-order valence-corrected chi connectivity index (χ0v) is 23.4. The standard InChI is InChI=1S/C32H38N2O4S/c1-37-31(36)29(33-30(35)19-11-12-20-34-21-23-38-24-22-34)25-39-32(26-13-5-2-6-14-26,27-15-7-3-8-16-27)28-17-9-4-10-18-28/h2-10,13-18,29H,11-12,19-25H2,1H3,(H,33,35)/t29-/m0/s1. The van der Waals surface area contributed by atoms with Crippen LogP contribution >= 0.6 is 11.8 Å². The van der Waals surface area contributed by atoms with Crippen molar-refractivity contribution in [3.8, 4) is 0 Å². The van der Waals surface area contributed by atoms with Gasteiger partial charge in [0.25, 0.3) is 0 Å². The molecule has 3 aromatic rings. The molecule has 1 aliphatic heterocycles. The Morgan fingerprint density at radius 3 is 1.87 bits per heavy atom. The number of esters is 1. The molecule has 3 aromatic carbocycles. The Morgan fingerprint density at radius 1 is 0.872 bits per heavy atom. The number of benzene rings is 3. The lowest BCUT2D eigenvalue weighted by Gasteiger charge is -2.36. The predicted octanol–water partition coefficient (Wildman–Crippen LogP) is 4.87. The van der Waals surface area contributed by atoms with Crippen LogP contribution in [0.15, 0.2) is 91.0 Å². The summed E-state index contributed by atoms with van der Waals surface area (Å²) >= 11 is 1.64. The van der Waals surface area contributed by atoms with Crippen molar-refractivity contribution in [2.45, 2.75) is 30.1 Å². The van der Waals surface area contributed by atoms with Crippen molar-refractivity contribution in [1.29, 1.82) is 0 Å². The van der Waals surface area contributed by atoms with Gasteiger partial charge in [-0.25, -0.2) is 4.79 Å². The van der Waals surface area contributed by atoms with Crippen LogP contribution in [0.1, 0.15) is 36.0 Å². The molecule has 1 atom stereocenters. The Morgan fingerprint density at radius 2 is 1.38 bits per heavy atom. The van der Waals surface area contributed by atoms with Gasteiger partial charge in [-0.1, -0.05) is 91.0 Å². The summed E-state index contributed by atoms with van der Waals surface area (Å²) in [7, 11) is 1.37. The molecule has 7 heteroatoms. The van der Waals surface area contributed by atoms with E-state index in [1.807, 2.05) is 54.6 Å². The third-order valence-corrected chi connectivity index (χ3v) is 8.70. The summed E-state index contributed by atoms with van der Waals surface area (Å²) in [6.45, 7) is 4.39. The summed E-state index contributed by atoms with van der Waals surface area (Å²) in [6.07, 6.45) is 2.08. The molecule has 0 unspecified atom stereocenters. The molecule has 1 saturated heterocycles. The average molecular weight is 547 g/mol. The smallest absolute Gasteiger partial charge is 0.329 e. The highest BCUT2D eigenvalue weighted by molar-refractivity contribution is 8.00. The van der Waals surface area contributed by atoms with Gasteiger partial charge in [-0.2, -0.15) is 0 Å². The number of rotatable bonds is 13. The van der Waals surface area contributed by atoms with E-state index in [1.165, 1.54) is 7.11 Å². The van der Waals surface area contributed by atoms with Crippen molar-refractivity contribution in [2.24, 2.45) is 0 Å². The fraction of sp³-hybridized carbons (Fsp3) is 0.375. The summed E-state index contributed by atoms with van der Waals surface area (Å²) in [4.78, 5) is 28.1. The fourth-order valence-corrected chi connectivity index (χ4v) is 6.54. The largest absolute Gasteiger partial charge is 0.467 e. The van der Waals surface area contributed by atoms with Gasteiger partial charge in [0.2, 0.25) is 5.91 Å². The second kappa shape index (κ2) is 14.9. The number of morpholine rings is 1. The quantitative estimate of drug-likeness (QED) is 0.187. The number of nitrogens with zero attached hydrogens (tertiary/aromatic N) is 1. The normalized spacial score (nSPS) is 14.9. The third-order valence-electron chi connectivity index (χ3n) is 7.06. The van der Waals surface area contributed by atoms with Crippen LogP contribution in [0, 0.1) is 0 Å². The molecule has 1 heterocycles. The summed E-state index contributed by atoms with van der Waals surface area (Å²) in [5.74, 6) is -0.213. The Bertz CT molecular complexity index is 1060. The van der Waals surface area contributed by atoms with Gasteiger partial charge in [-0.3, -0.25) is 9.69 Å². The first-order chi connectivity index (χ1) is 19.1. The molecule has 0 aliphatic carbocycles. The second-order valence-corrected chi connectivity index (χ2v) is 10.9. The highest BCUT2D eigenvalue weighted by Crippen LogP contribution is 2.48. The van der Waals surface area contributed by atoms with Crippen LogP contribution in [0.5, 0.6) is 0 Å². The first-order valence-corrected chi connectivity index (χ1v) is 14.6. The highest BCUT2D eigenvalue weighted by atomic mass is 32.2. The van der Waals surface area contributed by atoms with Crippen LogP contribution in [0.3, 0.4) is 0 Å². The van der Waals surface area contributed by atoms with Gasteiger partial charge in [0.05, 0.1) is 25.1 Å². The summed E-state index contributed by atoms with van der Waals surface area (Å²) < 4.78 is 9.93. The van der Waals surface area contributed by atoms with Crippen molar-refractivity contribution in [3.63, 3.8) is 0 Å². The highest BCUT2D eigenvalue weighted by Gasteiger charge is 2.38. The Kier molecular flexibility index (Phi) is 11.0. The van der Waals surface area contributed by atoms with E-state index >= 15 is 0 Å². The van der Waals surface area contributed by atoms with Crippen molar-refractivity contribution < 1.29 is 19.1 Å². The molecular formula is C32H38N2O4S. The number of hydrogen-bond donors (Lipinski definition) is 1. The number of thioether (sulfide) groups is 1. The molecule has 0 bridgehead atoms. The molecule has 1 amide bonds. The monoisotopic (exact) mass is 546 g/mol. The van der Waals surface area contributed by atoms with Crippen molar-refractivity contribution in [3.05, 3.63) is 108 Å². The minimum absolute atomic E-state index is 0.127. The number of methoxy groups -OCH3 is 1. The number of nitrogens with one attached hydrogen (secondary N) is 1. The molecule has 0 aromatic heterocycles. The molecule has 6 nitrogen and oxygen atoms in total. The van der Waals surface area contributed by atoms with Gasteiger partial charge in [0, 0.05) is 25.3 Å².